The van der Waals surface area contributed by atoms with Crippen LogP contribution in [-0.2, 0) is 6.54 Å². The van der Waals surface area contributed by atoms with Crippen LogP contribution in [0.15, 0.2) is 36.7 Å². The molecule has 0 amide bonds. The number of pyridine rings is 1. The van der Waals surface area contributed by atoms with Crippen LogP contribution in [0.3, 0.4) is 0 Å². The zero-order valence-corrected chi connectivity index (χ0v) is 10.5. The first-order valence-electron chi connectivity index (χ1n) is 5.73. The molecule has 0 atom stereocenters. The Balaban J connectivity index is 2.24. The van der Waals surface area contributed by atoms with E-state index in [1.165, 1.54) is 6.07 Å². The number of hydrogen-bond acceptors (Lipinski definition) is 3. The lowest BCUT2D eigenvalue weighted by Crippen LogP contribution is -2.18. The summed E-state index contributed by atoms with van der Waals surface area (Å²) < 4.78 is 13.2. The van der Waals surface area contributed by atoms with Gasteiger partial charge >= 0.3 is 0 Å². The van der Waals surface area contributed by atoms with Gasteiger partial charge in [-0.25, -0.2) is 4.39 Å². The van der Waals surface area contributed by atoms with Crippen molar-refractivity contribution in [2.75, 3.05) is 17.7 Å². The minimum absolute atomic E-state index is 0.216. The van der Waals surface area contributed by atoms with Gasteiger partial charge in [-0.3, -0.25) is 4.98 Å². The van der Waals surface area contributed by atoms with Crippen molar-refractivity contribution in [3.63, 3.8) is 0 Å². The fourth-order valence-corrected chi connectivity index (χ4v) is 1.90. The van der Waals surface area contributed by atoms with Crippen molar-refractivity contribution in [3.05, 3.63) is 53.6 Å². The first kappa shape index (κ1) is 12.4. The summed E-state index contributed by atoms with van der Waals surface area (Å²) in [5.74, 6) is -0.216. The Labute approximate surface area is 106 Å². The van der Waals surface area contributed by atoms with E-state index < -0.39 is 0 Å². The van der Waals surface area contributed by atoms with Crippen LogP contribution in [0.1, 0.15) is 11.1 Å². The second-order valence-electron chi connectivity index (χ2n) is 4.36. The maximum atomic E-state index is 13.2. The molecule has 2 N–H and O–H groups in total. The van der Waals surface area contributed by atoms with Gasteiger partial charge in [0.15, 0.2) is 0 Å². The SMILES string of the molecule is Cc1ccc(F)cc1CN(C)c1ccncc1N. The summed E-state index contributed by atoms with van der Waals surface area (Å²) in [4.78, 5) is 5.94. The van der Waals surface area contributed by atoms with E-state index in [0.29, 0.717) is 12.2 Å². The molecule has 2 rings (SSSR count). The Kier molecular flexibility index (Phi) is 3.46. The number of anilines is 2. The number of aryl methyl sites for hydroxylation is 1. The summed E-state index contributed by atoms with van der Waals surface area (Å²) in [5, 5.41) is 0. The average Bonchev–Trinajstić information content (AvgIpc) is 2.34. The Morgan fingerprint density at radius 3 is 2.83 bits per heavy atom. The van der Waals surface area contributed by atoms with E-state index in [-0.39, 0.29) is 5.82 Å². The number of nitrogens with zero attached hydrogens (tertiary/aromatic N) is 2. The molecule has 18 heavy (non-hydrogen) atoms. The molecule has 1 heterocycles. The van der Waals surface area contributed by atoms with Crippen LogP contribution in [0.5, 0.6) is 0 Å². The summed E-state index contributed by atoms with van der Waals surface area (Å²) in [6.07, 6.45) is 3.31. The predicted octanol–water partition coefficient (Wildman–Crippen LogP) is 2.75. The largest absolute Gasteiger partial charge is 0.396 e. The lowest BCUT2D eigenvalue weighted by molar-refractivity contribution is 0.624. The molecule has 0 aliphatic carbocycles. The standard InChI is InChI=1S/C14H16FN3/c1-10-3-4-12(15)7-11(10)9-18(2)14-5-6-17-8-13(14)16/h3-8H,9,16H2,1-2H3. The zero-order valence-electron chi connectivity index (χ0n) is 10.5. The van der Waals surface area contributed by atoms with Crippen LogP contribution in [0.4, 0.5) is 15.8 Å². The van der Waals surface area contributed by atoms with Crippen molar-refractivity contribution in [1.29, 1.82) is 0 Å². The van der Waals surface area contributed by atoms with Crippen LogP contribution in [-0.4, -0.2) is 12.0 Å². The van der Waals surface area contributed by atoms with E-state index in [1.54, 1.807) is 24.5 Å². The Hall–Kier alpha value is -2.10. The van der Waals surface area contributed by atoms with Gasteiger partial charge in [-0.2, -0.15) is 0 Å². The van der Waals surface area contributed by atoms with Gasteiger partial charge in [-0.05, 0) is 36.2 Å². The molecule has 4 heteroatoms. The molecule has 0 saturated carbocycles. The van der Waals surface area contributed by atoms with Crippen molar-refractivity contribution >= 4 is 11.4 Å². The molecule has 0 radical (unpaired) electrons. The number of hydrogen-bond donors (Lipinski definition) is 1. The van der Waals surface area contributed by atoms with Crippen LogP contribution in [0.25, 0.3) is 0 Å². The highest BCUT2D eigenvalue weighted by atomic mass is 19.1. The second-order valence-corrected chi connectivity index (χ2v) is 4.36. The molecule has 0 saturated heterocycles. The van der Waals surface area contributed by atoms with Gasteiger partial charge in [0.2, 0.25) is 0 Å². The van der Waals surface area contributed by atoms with Crippen molar-refractivity contribution in [1.82, 2.24) is 4.98 Å². The molecule has 2 aromatic rings. The molecule has 94 valence electrons. The topological polar surface area (TPSA) is 42.2 Å². The van der Waals surface area contributed by atoms with Crippen LogP contribution >= 0.6 is 0 Å². The van der Waals surface area contributed by atoms with E-state index in [1.807, 2.05) is 24.9 Å². The summed E-state index contributed by atoms with van der Waals surface area (Å²) in [6.45, 7) is 2.58. The van der Waals surface area contributed by atoms with Gasteiger partial charge in [0.05, 0.1) is 17.6 Å². The minimum Gasteiger partial charge on any atom is -0.396 e. The van der Waals surface area contributed by atoms with Gasteiger partial charge in [0, 0.05) is 19.8 Å². The fraction of sp³-hybridized carbons (Fsp3) is 0.214. The first-order valence-corrected chi connectivity index (χ1v) is 5.73. The molecule has 0 unspecified atom stereocenters. The summed E-state index contributed by atoms with van der Waals surface area (Å²) in [5.41, 5.74) is 9.40. The van der Waals surface area contributed by atoms with Gasteiger partial charge < -0.3 is 10.6 Å². The van der Waals surface area contributed by atoms with Crippen molar-refractivity contribution in [2.24, 2.45) is 0 Å². The highest BCUT2D eigenvalue weighted by molar-refractivity contribution is 5.65. The number of halogens is 1. The van der Waals surface area contributed by atoms with Crippen molar-refractivity contribution in [3.8, 4) is 0 Å². The molecule has 0 aliphatic heterocycles. The Bertz CT molecular complexity index is 554. The normalized spacial score (nSPS) is 10.4. The highest BCUT2D eigenvalue weighted by Gasteiger charge is 2.08. The summed E-state index contributed by atoms with van der Waals surface area (Å²) in [7, 11) is 1.93. The molecular formula is C14H16FN3. The van der Waals surface area contributed by atoms with E-state index in [9.17, 15) is 4.39 Å². The molecule has 1 aromatic heterocycles. The number of benzene rings is 1. The maximum absolute atomic E-state index is 13.2. The van der Waals surface area contributed by atoms with Gasteiger partial charge in [-0.1, -0.05) is 6.07 Å². The summed E-state index contributed by atoms with van der Waals surface area (Å²) >= 11 is 0. The lowest BCUT2D eigenvalue weighted by Gasteiger charge is -2.21. The predicted molar refractivity (Wildman–Crippen MR) is 71.9 cm³/mol. The number of nitrogen functional groups attached to an aromatic ring is 1. The summed E-state index contributed by atoms with van der Waals surface area (Å²) in [6, 6.07) is 6.67. The number of nitrogens with two attached hydrogens (primary N) is 1. The van der Waals surface area contributed by atoms with Crippen molar-refractivity contribution in [2.45, 2.75) is 13.5 Å². The number of aromatic nitrogens is 1. The van der Waals surface area contributed by atoms with Crippen LogP contribution in [0.2, 0.25) is 0 Å². The maximum Gasteiger partial charge on any atom is 0.123 e. The molecular weight excluding hydrogens is 229 g/mol. The third-order valence-corrected chi connectivity index (χ3v) is 2.96. The number of rotatable bonds is 3. The Morgan fingerprint density at radius 1 is 1.33 bits per heavy atom. The third-order valence-electron chi connectivity index (χ3n) is 2.96. The fourth-order valence-electron chi connectivity index (χ4n) is 1.90. The van der Waals surface area contributed by atoms with Gasteiger partial charge in [0.25, 0.3) is 0 Å². The van der Waals surface area contributed by atoms with Gasteiger partial charge in [0.1, 0.15) is 5.82 Å². The molecule has 0 aliphatic rings. The Morgan fingerprint density at radius 2 is 2.11 bits per heavy atom. The molecule has 0 fully saturated rings. The molecule has 0 bridgehead atoms. The van der Waals surface area contributed by atoms with E-state index >= 15 is 0 Å². The molecule has 3 nitrogen and oxygen atoms in total. The zero-order chi connectivity index (χ0) is 13.1. The minimum atomic E-state index is -0.216. The highest BCUT2D eigenvalue weighted by Crippen LogP contribution is 2.22. The van der Waals surface area contributed by atoms with Crippen LogP contribution < -0.4 is 10.6 Å². The molecule has 1 aromatic carbocycles. The van der Waals surface area contributed by atoms with Crippen molar-refractivity contribution < 1.29 is 4.39 Å². The van der Waals surface area contributed by atoms with E-state index in [0.717, 1.165) is 16.8 Å². The molecule has 0 spiro atoms. The van der Waals surface area contributed by atoms with E-state index in [2.05, 4.69) is 4.98 Å². The lowest BCUT2D eigenvalue weighted by atomic mass is 10.1. The second kappa shape index (κ2) is 5.04. The average molecular weight is 245 g/mol. The third kappa shape index (κ3) is 2.59. The first-order chi connectivity index (χ1) is 8.58. The smallest absolute Gasteiger partial charge is 0.123 e. The van der Waals surface area contributed by atoms with E-state index in [4.69, 9.17) is 5.73 Å². The van der Waals surface area contributed by atoms with Gasteiger partial charge in [-0.15, -0.1) is 0 Å². The quantitative estimate of drug-likeness (QED) is 0.904. The van der Waals surface area contributed by atoms with Crippen LogP contribution in [0, 0.1) is 12.7 Å². The monoisotopic (exact) mass is 245 g/mol.